The Morgan fingerprint density at radius 3 is 2.90 bits per heavy atom. The van der Waals surface area contributed by atoms with E-state index in [1.807, 2.05) is 6.07 Å². The van der Waals surface area contributed by atoms with Crippen molar-refractivity contribution in [1.82, 2.24) is 4.98 Å². The summed E-state index contributed by atoms with van der Waals surface area (Å²) in [5, 5.41) is 1.02. The van der Waals surface area contributed by atoms with Crippen LogP contribution in [0, 0.1) is 5.82 Å². The lowest BCUT2D eigenvalue weighted by molar-refractivity contribution is 0.528. The minimum absolute atomic E-state index is 0.175. The summed E-state index contributed by atoms with van der Waals surface area (Å²) in [6.07, 6.45) is 6.38. The molecule has 0 amide bonds. The Kier molecular flexibility index (Phi) is 2.72. The second-order valence-corrected chi connectivity index (χ2v) is 6.95. The zero-order valence-corrected chi connectivity index (χ0v) is 12.1. The van der Waals surface area contributed by atoms with Gasteiger partial charge in [0.15, 0.2) is 0 Å². The number of benzene rings is 1. The van der Waals surface area contributed by atoms with E-state index in [0.29, 0.717) is 0 Å². The number of aromatic nitrogens is 1. The number of rotatable bonds is 1. The van der Waals surface area contributed by atoms with Gasteiger partial charge >= 0.3 is 0 Å². The third-order valence-corrected chi connectivity index (χ3v) is 5.90. The third-order valence-electron chi connectivity index (χ3n) is 4.56. The predicted molar refractivity (Wildman–Crippen MR) is 78.4 cm³/mol. The lowest BCUT2D eigenvalue weighted by atomic mass is 9.93. The maximum Gasteiger partial charge on any atom is 0.123 e. The molecule has 20 heavy (non-hydrogen) atoms. The first-order chi connectivity index (χ1) is 9.67. The molecule has 0 saturated heterocycles. The molecule has 0 saturated carbocycles. The minimum Gasteiger partial charge on any atom is -0.316 e. The molecule has 0 radical (unpaired) electrons. The van der Waals surface area contributed by atoms with Crippen molar-refractivity contribution in [2.75, 3.05) is 0 Å². The molecule has 1 atom stereocenters. The first-order valence-corrected chi connectivity index (χ1v) is 8.05. The molecule has 0 aliphatic heterocycles. The SMILES string of the molecule is NC1(c2nc3c(s2)CCCC3)CCc2cc(F)ccc21. The Labute approximate surface area is 121 Å². The number of nitrogens with zero attached hydrogens (tertiary/aromatic N) is 1. The lowest BCUT2D eigenvalue weighted by Gasteiger charge is -2.22. The summed E-state index contributed by atoms with van der Waals surface area (Å²) in [5.41, 5.74) is 9.52. The molecule has 2 aliphatic carbocycles. The zero-order chi connectivity index (χ0) is 13.7. The van der Waals surface area contributed by atoms with Crippen LogP contribution in [0.1, 0.15) is 46.0 Å². The molecule has 2 nitrogen and oxygen atoms in total. The molecule has 0 spiro atoms. The topological polar surface area (TPSA) is 38.9 Å². The van der Waals surface area contributed by atoms with Gasteiger partial charge in [-0.1, -0.05) is 6.07 Å². The Morgan fingerprint density at radius 2 is 2.05 bits per heavy atom. The summed E-state index contributed by atoms with van der Waals surface area (Å²) in [6.45, 7) is 0. The second-order valence-electron chi connectivity index (χ2n) is 5.87. The minimum atomic E-state index is -0.509. The maximum absolute atomic E-state index is 13.3. The lowest BCUT2D eigenvalue weighted by Crippen LogP contribution is -2.35. The van der Waals surface area contributed by atoms with E-state index in [9.17, 15) is 4.39 Å². The largest absolute Gasteiger partial charge is 0.316 e. The van der Waals surface area contributed by atoms with Gasteiger partial charge in [0, 0.05) is 4.88 Å². The average Bonchev–Trinajstić information content (AvgIpc) is 3.01. The highest BCUT2D eigenvalue weighted by molar-refractivity contribution is 7.12. The summed E-state index contributed by atoms with van der Waals surface area (Å²) >= 11 is 1.77. The van der Waals surface area contributed by atoms with E-state index in [1.165, 1.54) is 29.5 Å². The molecule has 104 valence electrons. The van der Waals surface area contributed by atoms with Crippen LogP contribution in [0.15, 0.2) is 18.2 Å². The standard InChI is InChI=1S/C16H17FN2S/c17-11-5-6-12-10(9-11)7-8-16(12,18)15-19-13-3-1-2-4-14(13)20-15/h5-6,9H,1-4,7-8,18H2. The molecule has 2 N–H and O–H groups in total. The van der Waals surface area contributed by atoms with Gasteiger partial charge in [-0.25, -0.2) is 9.37 Å². The molecule has 1 unspecified atom stereocenters. The van der Waals surface area contributed by atoms with Crippen molar-refractivity contribution in [2.24, 2.45) is 5.73 Å². The number of nitrogens with two attached hydrogens (primary N) is 1. The van der Waals surface area contributed by atoms with E-state index in [1.54, 1.807) is 17.4 Å². The molecule has 0 fully saturated rings. The highest BCUT2D eigenvalue weighted by Gasteiger charge is 2.40. The van der Waals surface area contributed by atoms with Crippen LogP contribution in [0.3, 0.4) is 0 Å². The van der Waals surface area contributed by atoms with Crippen LogP contribution in [0.4, 0.5) is 4.39 Å². The zero-order valence-electron chi connectivity index (χ0n) is 11.3. The molecule has 2 aliphatic rings. The number of hydrogen-bond acceptors (Lipinski definition) is 3. The summed E-state index contributed by atoms with van der Waals surface area (Å²) < 4.78 is 13.3. The molecular formula is C16H17FN2S. The average molecular weight is 288 g/mol. The van der Waals surface area contributed by atoms with Crippen molar-refractivity contribution < 1.29 is 4.39 Å². The number of thiazole rings is 1. The number of halogens is 1. The molecule has 0 bridgehead atoms. The summed E-state index contributed by atoms with van der Waals surface area (Å²) in [5.74, 6) is -0.175. The first kappa shape index (κ1) is 12.5. The van der Waals surface area contributed by atoms with Gasteiger partial charge in [0.25, 0.3) is 0 Å². The van der Waals surface area contributed by atoms with Gasteiger partial charge in [0.1, 0.15) is 10.8 Å². The van der Waals surface area contributed by atoms with Gasteiger partial charge < -0.3 is 5.73 Å². The quantitative estimate of drug-likeness (QED) is 0.874. The maximum atomic E-state index is 13.3. The van der Waals surface area contributed by atoms with E-state index in [4.69, 9.17) is 10.7 Å². The van der Waals surface area contributed by atoms with Crippen LogP contribution in [0.5, 0.6) is 0 Å². The molecular weight excluding hydrogens is 271 g/mol. The smallest absolute Gasteiger partial charge is 0.123 e. The summed E-state index contributed by atoms with van der Waals surface area (Å²) in [7, 11) is 0. The van der Waals surface area contributed by atoms with E-state index in [0.717, 1.165) is 41.8 Å². The molecule has 4 heteroatoms. The van der Waals surface area contributed by atoms with Crippen molar-refractivity contribution >= 4 is 11.3 Å². The molecule has 2 aromatic rings. The van der Waals surface area contributed by atoms with Crippen molar-refractivity contribution in [1.29, 1.82) is 0 Å². The van der Waals surface area contributed by atoms with E-state index >= 15 is 0 Å². The Balaban J connectivity index is 1.81. The third kappa shape index (κ3) is 1.75. The van der Waals surface area contributed by atoms with Crippen molar-refractivity contribution in [3.63, 3.8) is 0 Å². The van der Waals surface area contributed by atoms with Crippen LogP contribution in [-0.2, 0) is 24.8 Å². The van der Waals surface area contributed by atoms with Crippen LogP contribution >= 0.6 is 11.3 Å². The van der Waals surface area contributed by atoms with Gasteiger partial charge in [0.2, 0.25) is 0 Å². The Morgan fingerprint density at radius 1 is 1.20 bits per heavy atom. The van der Waals surface area contributed by atoms with E-state index < -0.39 is 5.54 Å². The van der Waals surface area contributed by atoms with Crippen molar-refractivity contribution in [3.8, 4) is 0 Å². The van der Waals surface area contributed by atoms with Crippen LogP contribution in [-0.4, -0.2) is 4.98 Å². The van der Waals surface area contributed by atoms with Crippen LogP contribution < -0.4 is 5.73 Å². The van der Waals surface area contributed by atoms with Gasteiger partial charge in [-0.3, -0.25) is 0 Å². The Hall–Kier alpha value is -1.26. The van der Waals surface area contributed by atoms with E-state index in [-0.39, 0.29) is 5.82 Å². The number of hydrogen-bond donors (Lipinski definition) is 1. The fraction of sp³-hybridized carbons (Fsp3) is 0.438. The van der Waals surface area contributed by atoms with Crippen molar-refractivity contribution in [3.05, 3.63) is 50.7 Å². The molecule has 1 aromatic heterocycles. The van der Waals surface area contributed by atoms with Crippen molar-refractivity contribution in [2.45, 2.75) is 44.1 Å². The second kappa shape index (κ2) is 4.37. The van der Waals surface area contributed by atoms with Crippen LogP contribution in [0.2, 0.25) is 0 Å². The first-order valence-electron chi connectivity index (χ1n) is 7.24. The van der Waals surface area contributed by atoms with Gasteiger partial charge in [-0.05, 0) is 61.8 Å². The van der Waals surface area contributed by atoms with Gasteiger partial charge in [-0.15, -0.1) is 11.3 Å². The fourth-order valence-corrected chi connectivity index (χ4v) is 4.73. The summed E-state index contributed by atoms with van der Waals surface area (Å²) in [6, 6.07) is 4.98. The fourth-order valence-electron chi connectivity index (χ4n) is 3.44. The van der Waals surface area contributed by atoms with Gasteiger partial charge in [0.05, 0.1) is 11.2 Å². The highest BCUT2D eigenvalue weighted by Crippen LogP contribution is 2.43. The normalized spacial score (nSPS) is 24.5. The Bertz CT molecular complexity index is 656. The van der Waals surface area contributed by atoms with E-state index in [2.05, 4.69) is 0 Å². The van der Waals surface area contributed by atoms with Gasteiger partial charge in [-0.2, -0.15) is 0 Å². The molecule has 1 aromatic carbocycles. The summed E-state index contributed by atoms with van der Waals surface area (Å²) in [4.78, 5) is 6.23. The molecule has 1 heterocycles. The monoisotopic (exact) mass is 288 g/mol. The molecule has 4 rings (SSSR count). The van der Waals surface area contributed by atoms with Crippen LogP contribution in [0.25, 0.3) is 0 Å². The highest BCUT2D eigenvalue weighted by atomic mass is 32.1. The number of fused-ring (bicyclic) bond motifs is 2. The number of aryl methyl sites for hydroxylation is 3. The predicted octanol–water partition coefficient (Wildman–Crippen LogP) is 3.31.